The van der Waals surface area contributed by atoms with E-state index in [-0.39, 0.29) is 25.4 Å². The number of aliphatic hydroxyl groups is 4. The molecular weight excluding hydrogens is 416 g/mol. The van der Waals surface area contributed by atoms with Crippen LogP contribution in [0.4, 0.5) is 0 Å². The van der Waals surface area contributed by atoms with E-state index in [2.05, 4.69) is 15.3 Å². The molecule has 5 atom stereocenters. The number of nitrogens with one attached hydrogen (secondary N) is 1. The van der Waals surface area contributed by atoms with Crippen molar-refractivity contribution in [2.75, 3.05) is 19.7 Å². The van der Waals surface area contributed by atoms with Crippen molar-refractivity contribution in [2.24, 2.45) is 0 Å². The fourth-order valence-electron chi connectivity index (χ4n) is 3.64. The maximum Gasteiger partial charge on any atom is 0.234 e. The molecule has 0 spiro atoms. The zero-order valence-corrected chi connectivity index (χ0v) is 17.7. The first-order valence-electron chi connectivity index (χ1n) is 10.6. The zero-order valence-electron chi connectivity index (χ0n) is 17.7. The van der Waals surface area contributed by atoms with Crippen molar-refractivity contribution in [1.29, 1.82) is 0 Å². The molecule has 1 aliphatic rings. The molecule has 1 amide bonds. The maximum atomic E-state index is 12.6. The number of carbonyl (C=O) groups excluding carboxylic acids is 1. The van der Waals surface area contributed by atoms with Crippen LogP contribution >= 0.6 is 0 Å². The second-order valence-corrected chi connectivity index (χ2v) is 7.79. The summed E-state index contributed by atoms with van der Waals surface area (Å²) in [6.07, 6.45) is -2.28. The molecule has 3 heterocycles. The average Bonchev–Trinajstić information content (AvgIpc) is 2.80. The van der Waals surface area contributed by atoms with Gasteiger partial charge in [0, 0.05) is 32.0 Å². The van der Waals surface area contributed by atoms with Crippen LogP contribution < -0.4 is 5.32 Å². The quantitative estimate of drug-likeness (QED) is 0.304. The molecule has 10 nitrogen and oxygen atoms in total. The van der Waals surface area contributed by atoms with Crippen LogP contribution in [0.25, 0.3) is 0 Å². The standard InChI is InChI=1S/C22H30N4O6/c27-14-18-21(30)22(31)20(29)17(32-18)7-10-25-19(28)13-26(11-15-5-1-3-8-23-15)12-16-6-2-4-9-24-16/h1-6,8-9,17-18,20-22,27,29-31H,7,10-14H2,(H,25,28)/t17-,18+,20-,21+,22+/m0/s1. The molecule has 2 aromatic heterocycles. The monoisotopic (exact) mass is 446 g/mol. The third kappa shape index (κ3) is 6.76. The van der Waals surface area contributed by atoms with Gasteiger partial charge >= 0.3 is 0 Å². The van der Waals surface area contributed by atoms with Gasteiger partial charge in [0.05, 0.1) is 30.6 Å². The van der Waals surface area contributed by atoms with E-state index in [1.807, 2.05) is 41.3 Å². The lowest BCUT2D eigenvalue weighted by atomic mass is 9.93. The van der Waals surface area contributed by atoms with Gasteiger partial charge in [0.25, 0.3) is 0 Å². The Bertz CT molecular complexity index is 784. The van der Waals surface area contributed by atoms with Gasteiger partial charge in [0.1, 0.15) is 24.4 Å². The Balaban J connectivity index is 1.53. The Labute approximate surface area is 186 Å². The van der Waals surface area contributed by atoms with Crippen molar-refractivity contribution in [1.82, 2.24) is 20.2 Å². The molecule has 0 saturated carbocycles. The molecule has 32 heavy (non-hydrogen) atoms. The number of amides is 1. The van der Waals surface area contributed by atoms with E-state index in [9.17, 15) is 25.2 Å². The number of ether oxygens (including phenoxy) is 1. The summed E-state index contributed by atoms with van der Waals surface area (Å²) in [5.41, 5.74) is 1.66. The van der Waals surface area contributed by atoms with E-state index in [0.29, 0.717) is 13.1 Å². The van der Waals surface area contributed by atoms with E-state index >= 15 is 0 Å². The number of hydrogen-bond donors (Lipinski definition) is 5. The summed E-state index contributed by atoms with van der Waals surface area (Å²) >= 11 is 0. The highest BCUT2D eigenvalue weighted by molar-refractivity contribution is 5.77. The van der Waals surface area contributed by atoms with Gasteiger partial charge in [-0.25, -0.2) is 0 Å². The molecule has 2 aromatic rings. The number of aromatic nitrogens is 2. The highest BCUT2D eigenvalue weighted by atomic mass is 16.5. The zero-order chi connectivity index (χ0) is 22.9. The second-order valence-electron chi connectivity index (χ2n) is 7.79. The van der Waals surface area contributed by atoms with Crippen molar-refractivity contribution in [2.45, 2.75) is 50.0 Å². The molecule has 3 rings (SSSR count). The molecule has 10 heteroatoms. The fourth-order valence-corrected chi connectivity index (χ4v) is 3.64. The Morgan fingerprint density at radius 2 is 1.53 bits per heavy atom. The van der Waals surface area contributed by atoms with E-state index in [0.717, 1.165) is 11.4 Å². The first-order chi connectivity index (χ1) is 15.5. The third-order valence-electron chi connectivity index (χ3n) is 5.33. The molecule has 1 fully saturated rings. The number of carbonyl (C=O) groups is 1. The SMILES string of the molecule is O=C(CN(Cc1ccccn1)Cc1ccccn1)NCC[C@@H]1O[C@H](CO)[C@@H](O)[C@H](O)[C@H]1O. The summed E-state index contributed by atoms with van der Waals surface area (Å²) in [4.78, 5) is 23.1. The Hall–Kier alpha value is -2.47. The van der Waals surface area contributed by atoms with Gasteiger partial charge in [0.2, 0.25) is 5.91 Å². The highest BCUT2D eigenvalue weighted by Gasteiger charge is 2.42. The number of rotatable bonds is 10. The second kappa shape index (κ2) is 12.0. The largest absolute Gasteiger partial charge is 0.394 e. The van der Waals surface area contributed by atoms with E-state index < -0.39 is 37.1 Å². The van der Waals surface area contributed by atoms with Gasteiger partial charge in [-0.05, 0) is 30.7 Å². The van der Waals surface area contributed by atoms with Crippen LogP contribution in [0.5, 0.6) is 0 Å². The Morgan fingerprint density at radius 3 is 2.06 bits per heavy atom. The molecule has 0 aromatic carbocycles. The van der Waals surface area contributed by atoms with Gasteiger partial charge in [-0.15, -0.1) is 0 Å². The predicted octanol–water partition coefficient (Wildman–Crippen LogP) is -1.17. The number of pyridine rings is 2. The van der Waals surface area contributed by atoms with E-state index in [1.165, 1.54) is 0 Å². The van der Waals surface area contributed by atoms with Gasteiger partial charge in [-0.1, -0.05) is 12.1 Å². The first kappa shape index (κ1) is 24.2. The molecular formula is C22H30N4O6. The van der Waals surface area contributed by atoms with Crippen molar-refractivity contribution >= 4 is 5.91 Å². The van der Waals surface area contributed by atoms with Crippen LogP contribution in [0.3, 0.4) is 0 Å². The van der Waals surface area contributed by atoms with Crippen molar-refractivity contribution < 1.29 is 30.0 Å². The number of aliphatic hydroxyl groups excluding tert-OH is 4. The summed E-state index contributed by atoms with van der Waals surface area (Å²) < 4.78 is 5.46. The molecule has 0 aliphatic carbocycles. The lowest BCUT2D eigenvalue weighted by molar-refractivity contribution is -0.229. The molecule has 0 unspecified atom stereocenters. The van der Waals surface area contributed by atoms with Crippen LogP contribution in [-0.2, 0) is 22.6 Å². The predicted molar refractivity (Wildman–Crippen MR) is 114 cm³/mol. The van der Waals surface area contributed by atoms with E-state index in [4.69, 9.17) is 4.74 Å². The van der Waals surface area contributed by atoms with Crippen LogP contribution in [0, 0.1) is 0 Å². The summed E-state index contributed by atoms with van der Waals surface area (Å²) in [6.45, 7) is 0.767. The molecule has 5 N–H and O–H groups in total. The summed E-state index contributed by atoms with van der Waals surface area (Å²) in [5.74, 6) is -0.221. The maximum absolute atomic E-state index is 12.6. The molecule has 1 aliphatic heterocycles. The number of nitrogens with zero attached hydrogens (tertiary/aromatic N) is 3. The van der Waals surface area contributed by atoms with E-state index in [1.54, 1.807) is 12.4 Å². The molecule has 0 radical (unpaired) electrons. The van der Waals surface area contributed by atoms with Crippen molar-refractivity contribution in [3.05, 3.63) is 60.2 Å². The fraction of sp³-hybridized carbons (Fsp3) is 0.500. The van der Waals surface area contributed by atoms with Crippen LogP contribution in [0.1, 0.15) is 17.8 Å². The Kier molecular flexibility index (Phi) is 9.03. The van der Waals surface area contributed by atoms with Gasteiger partial charge in [-0.3, -0.25) is 19.7 Å². The first-order valence-corrected chi connectivity index (χ1v) is 10.6. The molecule has 0 bridgehead atoms. The summed E-state index contributed by atoms with van der Waals surface area (Å²) in [6, 6.07) is 11.2. The smallest absolute Gasteiger partial charge is 0.234 e. The normalized spacial score (nSPS) is 25.6. The molecule has 1 saturated heterocycles. The van der Waals surface area contributed by atoms with Gasteiger partial charge in [0.15, 0.2) is 0 Å². The lowest BCUT2D eigenvalue weighted by Crippen LogP contribution is -2.58. The van der Waals surface area contributed by atoms with Crippen LogP contribution in [0.2, 0.25) is 0 Å². The summed E-state index contributed by atoms with van der Waals surface area (Å²) in [7, 11) is 0. The summed E-state index contributed by atoms with van der Waals surface area (Å²) in [5, 5.41) is 41.9. The third-order valence-corrected chi connectivity index (χ3v) is 5.33. The number of hydrogen-bond acceptors (Lipinski definition) is 9. The molecule has 174 valence electrons. The Morgan fingerprint density at radius 1 is 0.938 bits per heavy atom. The van der Waals surface area contributed by atoms with Crippen LogP contribution in [0.15, 0.2) is 48.8 Å². The minimum absolute atomic E-state index is 0.113. The minimum Gasteiger partial charge on any atom is -0.394 e. The minimum atomic E-state index is -1.42. The van der Waals surface area contributed by atoms with Gasteiger partial charge in [-0.2, -0.15) is 0 Å². The van der Waals surface area contributed by atoms with Gasteiger partial charge < -0.3 is 30.5 Å². The van der Waals surface area contributed by atoms with Crippen molar-refractivity contribution in [3.63, 3.8) is 0 Å². The highest BCUT2D eigenvalue weighted by Crippen LogP contribution is 2.22. The topological polar surface area (TPSA) is 148 Å². The van der Waals surface area contributed by atoms with Crippen LogP contribution in [-0.4, -0.2) is 91.4 Å². The average molecular weight is 447 g/mol. The van der Waals surface area contributed by atoms with Crippen molar-refractivity contribution in [3.8, 4) is 0 Å². The lowest BCUT2D eigenvalue weighted by Gasteiger charge is -2.40.